The first-order valence-electron chi connectivity index (χ1n) is 5.42. The van der Waals surface area contributed by atoms with Crippen molar-refractivity contribution in [1.82, 2.24) is 0 Å². The molecule has 0 bridgehead atoms. The summed E-state index contributed by atoms with van der Waals surface area (Å²) in [5.74, 6) is -0.682. The van der Waals surface area contributed by atoms with Crippen LogP contribution in [0.25, 0.3) is 0 Å². The van der Waals surface area contributed by atoms with Crippen LogP contribution in [-0.4, -0.2) is 26.2 Å². The summed E-state index contributed by atoms with van der Waals surface area (Å²) >= 11 is 0. The van der Waals surface area contributed by atoms with Crippen molar-refractivity contribution in [2.45, 2.75) is 13.0 Å². The van der Waals surface area contributed by atoms with E-state index in [0.717, 1.165) is 5.56 Å². The Hall–Kier alpha value is -1.46. The number of ether oxygens (including phenoxy) is 1. The van der Waals surface area contributed by atoms with Gasteiger partial charge in [-0.2, -0.15) is 0 Å². The molecule has 1 aromatic carbocycles. The fourth-order valence-corrected chi connectivity index (χ4v) is 2.10. The number of halogens is 1. The molecule has 2 N–H and O–H groups in total. The summed E-state index contributed by atoms with van der Waals surface area (Å²) in [5.41, 5.74) is 7.41. The number of methoxy groups -OCH3 is 1. The third kappa shape index (κ3) is 1.92. The quantitative estimate of drug-likeness (QED) is 0.858. The van der Waals surface area contributed by atoms with Crippen molar-refractivity contribution in [3.8, 4) is 0 Å². The normalized spacial score (nSPS) is 18.7. The molecule has 1 unspecified atom stereocenters. The minimum absolute atomic E-state index is 0.276. The highest BCUT2D eigenvalue weighted by molar-refractivity contribution is 6.04. The van der Waals surface area contributed by atoms with Crippen molar-refractivity contribution < 1.29 is 13.9 Å². The van der Waals surface area contributed by atoms with Crippen molar-refractivity contribution >= 4 is 11.6 Å². The van der Waals surface area contributed by atoms with Crippen LogP contribution in [0.3, 0.4) is 0 Å². The van der Waals surface area contributed by atoms with E-state index in [1.54, 1.807) is 13.0 Å². The van der Waals surface area contributed by atoms with E-state index in [9.17, 15) is 9.18 Å². The fourth-order valence-electron chi connectivity index (χ4n) is 2.10. The number of carbonyl (C=O) groups excluding carboxylic acids is 1. The van der Waals surface area contributed by atoms with Crippen LogP contribution < -0.4 is 10.6 Å². The Kier molecular flexibility index (Phi) is 3.13. The van der Waals surface area contributed by atoms with E-state index in [0.29, 0.717) is 24.4 Å². The maximum Gasteiger partial charge on any atom is 0.248 e. The van der Waals surface area contributed by atoms with Gasteiger partial charge in [0.2, 0.25) is 5.91 Å². The molecule has 1 aliphatic heterocycles. The number of fused-ring (bicyclic) bond motifs is 1. The standard InChI is InChI=1S/C12H15FN2O2/c1-7-5-8-10(14)12(16)15(3-4-17-2)11(8)9(13)6-7/h5-6,10H,3-4,14H2,1-2H3. The van der Waals surface area contributed by atoms with Gasteiger partial charge < -0.3 is 15.4 Å². The molecule has 0 spiro atoms. The van der Waals surface area contributed by atoms with Crippen LogP contribution in [0.5, 0.6) is 0 Å². The summed E-state index contributed by atoms with van der Waals surface area (Å²) in [6.07, 6.45) is 0. The van der Waals surface area contributed by atoms with E-state index in [4.69, 9.17) is 10.5 Å². The molecular formula is C12H15FN2O2. The number of aryl methyl sites for hydroxylation is 1. The van der Waals surface area contributed by atoms with Crippen LogP contribution in [-0.2, 0) is 9.53 Å². The van der Waals surface area contributed by atoms with E-state index in [1.807, 2.05) is 0 Å². The zero-order chi connectivity index (χ0) is 12.6. The number of hydrogen-bond acceptors (Lipinski definition) is 3. The number of rotatable bonds is 3. The lowest BCUT2D eigenvalue weighted by Crippen LogP contribution is -2.34. The Balaban J connectivity index is 2.44. The monoisotopic (exact) mass is 238 g/mol. The molecule has 1 atom stereocenters. The topological polar surface area (TPSA) is 55.6 Å². The summed E-state index contributed by atoms with van der Waals surface area (Å²) in [7, 11) is 1.53. The van der Waals surface area contributed by atoms with Gasteiger partial charge in [0.1, 0.15) is 11.9 Å². The predicted molar refractivity (Wildman–Crippen MR) is 62.3 cm³/mol. The van der Waals surface area contributed by atoms with Crippen LogP contribution in [0, 0.1) is 12.7 Å². The molecule has 0 radical (unpaired) electrons. The molecule has 2 rings (SSSR count). The average molecular weight is 238 g/mol. The van der Waals surface area contributed by atoms with Gasteiger partial charge in [-0.3, -0.25) is 4.79 Å². The van der Waals surface area contributed by atoms with Crippen LogP contribution in [0.2, 0.25) is 0 Å². The number of amides is 1. The predicted octanol–water partition coefficient (Wildman–Crippen LogP) is 1.13. The van der Waals surface area contributed by atoms with Crippen LogP contribution in [0.1, 0.15) is 17.2 Å². The smallest absolute Gasteiger partial charge is 0.248 e. The second kappa shape index (κ2) is 4.43. The van der Waals surface area contributed by atoms with E-state index < -0.39 is 11.9 Å². The highest BCUT2D eigenvalue weighted by Gasteiger charge is 2.36. The van der Waals surface area contributed by atoms with Crippen LogP contribution >= 0.6 is 0 Å². The zero-order valence-electron chi connectivity index (χ0n) is 9.87. The maximum absolute atomic E-state index is 13.9. The van der Waals surface area contributed by atoms with Gasteiger partial charge in [0, 0.05) is 19.2 Å². The first kappa shape index (κ1) is 12.0. The lowest BCUT2D eigenvalue weighted by molar-refractivity contribution is -0.119. The summed E-state index contributed by atoms with van der Waals surface area (Å²) in [6.45, 7) is 2.44. The van der Waals surface area contributed by atoms with Crippen LogP contribution in [0.4, 0.5) is 10.1 Å². The van der Waals surface area contributed by atoms with E-state index in [1.165, 1.54) is 18.1 Å². The van der Waals surface area contributed by atoms with Crippen molar-refractivity contribution in [1.29, 1.82) is 0 Å². The summed E-state index contributed by atoms with van der Waals surface area (Å²) in [6, 6.07) is 2.40. The summed E-state index contributed by atoms with van der Waals surface area (Å²) in [4.78, 5) is 13.3. The second-order valence-corrected chi connectivity index (χ2v) is 4.14. The Morgan fingerprint density at radius 1 is 1.53 bits per heavy atom. The Bertz CT molecular complexity index is 462. The van der Waals surface area contributed by atoms with Gasteiger partial charge in [-0.25, -0.2) is 4.39 Å². The number of anilines is 1. The second-order valence-electron chi connectivity index (χ2n) is 4.14. The molecule has 4 nitrogen and oxygen atoms in total. The molecule has 92 valence electrons. The number of benzene rings is 1. The van der Waals surface area contributed by atoms with Gasteiger partial charge in [0.05, 0.1) is 12.3 Å². The van der Waals surface area contributed by atoms with Gasteiger partial charge in [-0.05, 0) is 18.6 Å². The molecule has 0 fully saturated rings. The minimum Gasteiger partial charge on any atom is -0.383 e. The number of carbonyl (C=O) groups is 1. The molecule has 0 saturated carbocycles. The maximum atomic E-state index is 13.9. The van der Waals surface area contributed by atoms with Crippen LogP contribution in [0.15, 0.2) is 12.1 Å². The van der Waals surface area contributed by atoms with Crippen molar-refractivity contribution in [2.24, 2.45) is 5.73 Å². The third-order valence-corrected chi connectivity index (χ3v) is 2.89. The van der Waals surface area contributed by atoms with Gasteiger partial charge in [-0.1, -0.05) is 6.07 Å². The van der Waals surface area contributed by atoms with Crippen molar-refractivity contribution in [3.05, 3.63) is 29.1 Å². The highest BCUT2D eigenvalue weighted by atomic mass is 19.1. The first-order valence-corrected chi connectivity index (χ1v) is 5.42. The first-order chi connectivity index (χ1) is 8.06. The SMILES string of the molecule is COCCN1C(=O)C(N)c2cc(C)cc(F)c21. The molecule has 1 aliphatic rings. The summed E-state index contributed by atoms with van der Waals surface area (Å²) < 4.78 is 18.8. The van der Waals surface area contributed by atoms with E-state index in [2.05, 4.69) is 0 Å². The third-order valence-electron chi connectivity index (χ3n) is 2.89. The van der Waals surface area contributed by atoms with Gasteiger partial charge in [0.15, 0.2) is 0 Å². The van der Waals surface area contributed by atoms with Gasteiger partial charge >= 0.3 is 0 Å². The molecular weight excluding hydrogens is 223 g/mol. The number of nitrogens with two attached hydrogens (primary N) is 1. The lowest BCUT2D eigenvalue weighted by Gasteiger charge is -2.17. The lowest BCUT2D eigenvalue weighted by atomic mass is 10.1. The zero-order valence-corrected chi connectivity index (χ0v) is 9.87. The fraction of sp³-hybridized carbons (Fsp3) is 0.417. The number of nitrogens with zero attached hydrogens (tertiary/aromatic N) is 1. The molecule has 1 amide bonds. The Labute approximate surface area is 99.2 Å². The van der Waals surface area contributed by atoms with E-state index >= 15 is 0 Å². The molecule has 0 saturated heterocycles. The molecule has 17 heavy (non-hydrogen) atoms. The molecule has 0 aliphatic carbocycles. The van der Waals surface area contributed by atoms with Gasteiger partial charge in [-0.15, -0.1) is 0 Å². The molecule has 1 heterocycles. The average Bonchev–Trinajstić information content (AvgIpc) is 2.51. The van der Waals surface area contributed by atoms with Crippen molar-refractivity contribution in [3.63, 3.8) is 0 Å². The van der Waals surface area contributed by atoms with E-state index in [-0.39, 0.29) is 5.91 Å². The molecule has 5 heteroatoms. The molecule has 0 aromatic heterocycles. The Morgan fingerprint density at radius 3 is 2.88 bits per heavy atom. The molecule has 1 aromatic rings. The summed E-state index contributed by atoms with van der Waals surface area (Å²) in [5, 5.41) is 0. The number of hydrogen-bond donors (Lipinski definition) is 1. The van der Waals surface area contributed by atoms with Gasteiger partial charge in [0.25, 0.3) is 0 Å². The largest absolute Gasteiger partial charge is 0.383 e. The Morgan fingerprint density at radius 2 is 2.24 bits per heavy atom. The minimum atomic E-state index is -0.767. The highest BCUT2D eigenvalue weighted by Crippen LogP contribution is 2.37. The van der Waals surface area contributed by atoms with Crippen molar-refractivity contribution in [2.75, 3.05) is 25.2 Å².